The first-order chi connectivity index (χ1) is 9.02. The Labute approximate surface area is 121 Å². The fraction of sp³-hybridized carbons (Fsp3) is 0.625. The van der Waals surface area contributed by atoms with Crippen LogP contribution in [-0.2, 0) is 0 Å². The van der Waals surface area contributed by atoms with Gasteiger partial charge in [0.1, 0.15) is 0 Å². The standard InChI is InChI=1S/C16H25ClN2/c1-11(2)10-19(14-5-6-14)16(9-18)15-7-4-13(17)8-12(15)3/h4,7-8,11,14,16H,5-6,9-10,18H2,1-3H3. The summed E-state index contributed by atoms with van der Waals surface area (Å²) in [6, 6.07) is 7.22. The minimum atomic E-state index is 0.326. The maximum Gasteiger partial charge on any atom is 0.0476 e. The predicted molar refractivity (Wildman–Crippen MR) is 82.6 cm³/mol. The molecule has 1 saturated carbocycles. The van der Waals surface area contributed by atoms with Gasteiger partial charge in [0.15, 0.2) is 0 Å². The highest BCUT2D eigenvalue weighted by Crippen LogP contribution is 2.36. The summed E-state index contributed by atoms with van der Waals surface area (Å²) in [6.07, 6.45) is 2.63. The second kappa shape index (κ2) is 6.25. The fourth-order valence-corrected chi connectivity index (χ4v) is 3.04. The van der Waals surface area contributed by atoms with Crippen molar-refractivity contribution in [2.75, 3.05) is 13.1 Å². The predicted octanol–water partition coefficient (Wildman–Crippen LogP) is 3.77. The average Bonchev–Trinajstić information content (AvgIpc) is 3.14. The van der Waals surface area contributed by atoms with Gasteiger partial charge in [-0.05, 0) is 48.9 Å². The van der Waals surface area contributed by atoms with Gasteiger partial charge in [-0.2, -0.15) is 0 Å². The van der Waals surface area contributed by atoms with Crippen LogP contribution >= 0.6 is 11.6 Å². The van der Waals surface area contributed by atoms with E-state index in [4.69, 9.17) is 17.3 Å². The first kappa shape index (κ1) is 14.8. The summed E-state index contributed by atoms with van der Waals surface area (Å²) < 4.78 is 0. The van der Waals surface area contributed by atoms with Gasteiger partial charge in [-0.3, -0.25) is 4.90 Å². The average molecular weight is 281 g/mol. The van der Waals surface area contributed by atoms with E-state index in [-0.39, 0.29) is 0 Å². The maximum atomic E-state index is 6.08. The van der Waals surface area contributed by atoms with Crippen molar-refractivity contribution < 1.29 is 0 Å². The Morgan fingerprint density at radius 1 is 1.37 bits per heavy atom. The molecule has 0 bridgehead atoms. The van der Waals surface area contributed by atoms with Crippen LogP contribution in [0, 0.1) is 12.8 Å². The van der Waals surface area contributed by atoms with Crippen molar-refractivity contribution in [1.29, 1.82) is 0 Å². The fourth-order valence-electron chi connectivity index (χ4n) is 2.81. The molecule has 0 aromatic heterocycles. The third kappa shape index (κ3) is 3.71. The lowest BCUT2D eigenvalue weighted by Gasteiger charge is -2.33. The van der Waals surface area contributed by atoms with Gasteiger partial charge >= 0.3 is 0 Å². The van der Waals surface area contributed by atoms with Gasteiger partial charge in [0.25, 0.3) is 0 Å². The van der Waals surface area contributed by atoms with E-state index in [1.807, 2.05) is 12.1 Å². The minimum absolute atomic E-state index is 0.326. The number of rotatable bonds is 6. The summed E-state index contributed by atoms with van der Waals surface area (Å²) in [5, 5.41) is 0.804. The molecule has 2 N–H and O–H groups in total. The number of hydrogen-bond donors (Lipinski definition) is 1. The van der Waals surface area contributed by atoms with Crippen LogP contribution in [0.1, 0.15) is 43.9 Å². The third-order valence-electron chi connectivity index (χ3n) is 3.81. The SMILES string of the molecule is Cc1cc(Cl)ccc1C(CN)N(CC(C)C)C1CC1. The van der Waals surface area contributed by atoms with E-state index in [1.54, 1.807) is 0 Å². The van der Waals surface area contributed by atoms with E-state index in [9.17, 15) is 0 Å². The van der Waals surface area contributed by atoms with Crippen molar-refractivity contribution in [3.8, 4) is 0 Å². The Kier molecular flexibility index (Phi) is 4.88. The number of nitrogens with two attached hydrogens (primary N) is 1. The molecule has 1 aromatic carbocycles. The molecule has 19 heavy (non-hydrogen) atoms. The highest BCUT2D eigenvalue weighted by atomic mass is 35.5. The monoisotopic (exact) mass is 280 g/mol. The normalized spacial score (nSPS) is 17.2. The molecule has 2 nitrogen and oxygen atoms in total. The van der Waals surface area contributed by atoms with Gasteiger partial charge in [-0.15, -0.1) is 0 Å². The summed E-state index contributed by atoms with van der Waals surface area (Å²) in [5.74, 6) is 0.669. The number of hydrogen-bond acceptors (Lipinski definition) is 2. The smallest absolute Gasteiger partial charge is 0.0476 e. The zero-order chi connectivity index (χ0) is 14.0. The van der Waals surface area contributed by atoms with Crippen LogP contribution in [0.2, 0.25) is 5.02 Å². The Bertz CT molecular complexity index is 427. The van der Waals surface area contributed by atoms with Crippen molar-refractivity contribution in [3.63, 3.8) is 0 Å². The molecule has 2 rings (SSSR count). The zero-order valence-electron chi connectivity index (χ0n) is 12.2. The van der Waals surface area contributed by atoms with Crippen LogP contribution in [-0.4, -0.2) is 24.0 Å². The van der Waals surface area contributed by atoms with Crippen molar-refractivity contribution in [3.05, 3.63) is 34.3 Å². The number of aryl methyl sites for hydroxylation is 1. The van der Waals surface area contributed by atoms with Gasteiger partial charge < -0.3 is 5.73 Å². The van der Waals surface area contributed by atoms with Crippen molar-refractivity contribution in [1.82, 2.24) is 4.90 Å². The van der Waals surface area contributed by atoms with Crippen molar-refractivity contribution in [2.24, 2.45) is 11.7 Å². The minimum Gasteiger partial charge on any atom is -0.329 e. The summed E-state index contributed by atoms with van der Waals surface area (Å²) in [6.45, 7) is 8.47. The maximum absolute atomic E-state index is 6.08. The molecule has 0 aliphatic heterocycles. The lowest BCUT2D eigenvalue weighted by Crippen LogP contribution is -2.38. The molecule has 1 aromatic rings. The lowest BCUT2D eigenvalue weighted by atomic mass is 9.98. The van der Waals surface area contributed by atoms with Gasteiger partial charge in [0, 0.05) is 30.2 Å². The second-order valence-electron chi connectivity index (χ2n) is 6.07. The third-order valence-corrected chi connectivity index (χ3v) is 4.04. The molecule has 0 amide bonds. The molecule has 1 unspecified atom stereocenters. The molecular formula is C16H25ClN2. The van der Waals surface area contributed by atoms with Gasteiger partial charge in [0.2, 0.25) is 0 Å². The number of nitrogens with zero attached hydrogens (tertiary/aromatic N) is 1. The zero-order valence-corrected chi connectivity index (χ0v) is 13.0. The Morgan fingerprint density at radius 3 is 2.53 bits per heavy atom. The van der Waals surface area contributed by atoms with E-state index in [1.165, 1.54) is 24.0 Å². The second-order valence-corrected chi connectivity index (χ2v) is 6.51. The number of halogens is 1. The molecule has 106 valence electrons. The van der Waals surface area contributed by atoms with Gasteiger partial charge in [0.05, 0.1) is 0 Å². The molecule has 1 atom stereocenters. The van der Waals surface area contributed by atoms with E-state index < -0.39 is 0 Å². The van der Waals surface area contributed by atoms with Crippen LogP contribution < -0.4 is 5.73 Å². The molecule has 3 heteroatoms. The summed E-state index contributed by atoms with van der Waals surface area (Å²) in [7, 11) is 0. The molecular weight excluding hydrogens is 256 g/mol. The van der Waals surface area contributed by atoms with E-state index in [2.05, 4.69) is 31.7 Å². The highest BCUT2D eigenvalue weighted by molar-refractivity contribution is 6.30. The Balaban J connectivity index is 2.25. The van der Waals surface area contributed by atoms with Crippen LogP contribution in [0.25, 0.3) is 0 Å². The Morgan fingerprint density at radius 2 is 2.05 bits per heavy atom. The molecule has 0 spiro atoms. The van der Waals surface area contributed by atoms with Gasteiger partial charge in [-0.25, -0.2) is 0 Å². The van der Waals surface area contributed by atoms with E-state index >= 15 is 0 Å². The van der Waals surface area contributed by atoms with Crippen LogP contribution in [0.5, 0.6) is 0 Å². The van der Waals surface area contributed by atoms with Crippen molar-refractivity contribution >= 4 is 11.6 Å². The van der Waals surface area contributed by atoms with E-state index in [0.29, 0.717) is 18.5 Å². The van der Waals surface area contributed by atoms with Crippen molar-refractivity contribution in [2.45, 2.75) is 45.7 Å². The molecule has 0 saturated heterocycles. The van der Waals surface area contributed by atoms with Crippen LogP contribution in [0.15, 0.2) is 18.2 Å². The van der Waals surface area contributed by atoms with Crippen LogP contribution in [0.4, 0.5) is 0 Å². The first-order valence-corrected chi connectivity index (χ1v) is 7.62. The van der Waals surface area contributed by atoms with E-state index in [0.717, 1.165) is 17.6 Å². The topological polar surface area (TPSA) is 29.3 Å². The van der Waals surface area contributed by atoms with Gasteiger partial charge in [-0.1, -0.05) is 31.5 Å². The summed E-state index contributed by atoms with van der Waals surface area (Å²) in [4.78, 5) is 2.60. The van der Waals surface area contributed by atoms with Crippen LogP contribution in [0.3, 0.4) is 0 Å². The highest BCUT2D eigenvalue weighted by Gasteiger charge is 2.34. The molecule has 1 aliphatic carbocycles. The quantitative estimate of drug-likeness (QED) is 0.859. The lowest BCUT2D eigenvalue weighted by molar-refractivity contribution is 0.169. The largest absolute Gasteiger partial charge is 0.329 e. The number of benzene rings is 1. The molecule has 1 aliphatic rings. The molecule has 0 radical (unpaired) electrons. The first-order valence-electron chi connectivity index (χ1n) is 7.24. The summed E-state index contributed by atoms with van der Waals surface area (Å²) >= 11 is 6.06. The summed E-state index contributed by atoms with van der Waals surface area (Å²) in [5.41, 5.74) is 8.66. The molecule has 1 fully saturated rings. The Hall–Kier alpha value is -0.570. The molecule has 0 heterocycles.